The molecular weight excluding hydrogens is 299 g/mol. The molecule has 90 valence electrons. The number of hydrogen-bond donors (Lipinski definition) is 1. The minimum atomic E-state index is -4.88. The topological polar surface area (TPSA) is 38.9 Å². The standard InChI is InChI=1S/C8H6BrF5N2/c9-6-4(1-15)16-2-3(7(10)11)5(6)8(12,13)14/h2,7H,1,15H2. The van der Waals surface area contributed by atoms with Gasteiger partial charge in [0, 0.05) is 18.3 Å². The van der Waals surface area contributed by atoms with Gasteiger partial charge in [-0.3, -0.25) is 4.98 Å². The van der Waals surface area contributed by atoms with Gasteiger partial charge >= 0.3 is 6.18 Å². The van der Waals surface area contributed by atoms with Crippen LogP contribution < -0.4 is 5.73 Å². The van der Waals surface area contributed by atoms with Crippen molar-refractivity contribution in [2.24, 2.45) is 5.73 Å². The van der Waals surface area contributed by atoms with Crippen molar-refractivity contribution in [2.75, 3.05) is 0 Å². The van der Waals surface area contributed by atoms with E-state index >= 15 is 0 Å². The summed E-state index contributed by atoms with van der Waals surface area (Å²) in [5.74, 6) is 0. The van der Waals surface area contributed by atoms with Crippen molar-refractivity contribution >= 4 is 15.9 Å². The molecule has 0 spiro atoms. The Hall–Kier alpha value is -0.760. The largest absolute Gasteiger partial charge is 0.418 e. The summed E-state index contributed by atoms with van der Waals surface area (Å²) in [4.78, 5) is 3.44. The SMILES string of the molecule is NCc1ncc(C(F)F)c(C(F)(F)F)c1Br. The summed E-state index contributed by atoms with van der Waals surface area (Å²) in [7, 11) is 0. The molecule has 8 heteroatoms. The molecule has 0 amide bonds. The highest BCUT2D eigenvalue weighted by atomic mass is 79.9. The number of pyridine rings is 1. The molecule has 2 N–H and O–H groups in total. The molecule has 0 aliphatic heterocycles. The molecule has 0 unspecified atom stereocenters. The molecule has 0 bridgehead atoms. The van der Waals surface area contributed by atoms with E-state index in [1.165, 1.54) is 0 Å². The van der Waals surface area contributed by atoms with E-state index < -0.39 is 28.2 Å². The molecule has 0 saturated heterocycles. The van der Waals surface area contributed by atoms with Crippen LogP contribution in [-0.2, 0) is 12.7 Å². The molecule has 0 saturated carbocycles. The highest BCUT2D eigenvalue weighted by Crippen LogP contribution is 2.41. The number of rotatable bonds is 2. The Morgan fingerprint density at radius 2 is 1.94 bits per heavy atom. The highest BCUT2D eigenvalue weighted by molar-refractivity contribution is 9.10. The Morgan fingerprint density at radius 1 is 1.38 bits per heavy atom. The van der Waals surface area contributed by atoms with Gasteiger partial charge < -0.3 is 5.73 Å². The number of alkyl halides is 5. The maximum Gasteiger partial charge on any atom is 0.418 e. The first kappa shape index (κ1) is 13.3. The van der Waals surface area contributed by atoms with Crippen molar-refractivity contribution in [3.63, 3.8) is 0 Å². The second kappa shape index (κ2) is 4.62. The Bertz CT molecular complexity index is 391. The Morgan fingerprint density at radius 3 is 2.31 bits per heavy atom. The van der Waals surface area contributed by atoms with Crippen LogP contribution in [-0.4, -0.2) is 4.98 Å². The third kappa shape index (κ3) is 2.49. The van der Waals surface area contributed by atoms with Crippen molar-refractivity contribution in [3.05, 3.63) is 27.5 Å². The number of nitrogens with zero attached hydrogens (tertiary/aromatic N) is 1. The third-order valence-corrected chi connectivity index (χ3v) is 2.69. The van der Waals surface area contributed by atoms with Gasteiger partial charge in [0.25, 0.3) is 6.43 Å². The number of aromatic nitrogens is 1. The van der Waals surface area contributed by atoms with E-state index in [0.29, 0.717) is 6.20 Å². The van der Waals surface area contributed by atoms with Crippen LogP contribution >= 0.6 is 15.9 Å². The number of hydrogen-bond acceptors (Lipinski definition) is 2. The first-order valence-corrected chi connectivity index (χ1v) is 4.81. The van der Waals surface area contributed by atoms with Crippen LogP contribution in [0, 0.1) is 0 Å². The molecule has 1 aromatic rings. The molecule has 0 aliphatic carbocycles. The second-order valence-electron chi connectivity index (χ2n) is 2.85. The minimum Gasteiger partial charge on any atom is -0.325 e. The van der Waals surface area contributed by atoms with Gasteiger partial charge in [0.15, 0.2) is 0 Å². The Balaban J connectivity index is 3.50. The molecule has 0 atom stereocenters. The monoisotopic (exact) mass is 304 g/mol. The zero-order valence-corrected chi connectivity index (χ0v) is 9.24. The second-order valence-corrected chi connectivity index (χ2v) is 3.64. The summed E-state index contributed by atoms with van der Waals surface area (Å²) in [5, 5.41) is 0. The van der Waals surface area contributed by atoms with E-state index in [1.807, 2.05) is 0 Å². The zero-order valence-electron chi connectivity index (χ0n) is 7.65. The van der Waals surface area contributed by atoms with E-state index in [4.69, 9.17) is 5.73 Å². The van der Waals surface area contributed by atoms with Crippen molar-refractivity contribution in [2.45, 2.75) is 19.1 Å². The lowest BCUT2D eigenvalue weighted by Crippen LogP contribution is -2.14. The van der Waals surface area contributed by atoms with Gasteiger partial charge in [-0.25, -0.2) is 8.78 Å². The van der Waals surface area contributed by atoms with Gasteiger partial charge in [0.2, 0.25) is 0 Å². The Labute approximate surface area is 95.8 Å². The van der Waals surface area contributed by atoms with Gasteiger partial charge in [0.1, 0.15) is 0 Å². The minimum absolute atomic E-state index is 0.114. The maximum atomic E-state index is 12.6. The lowest BCUT2D eigenvalue weighted by Gasteiger charge is -2.15. The Kier molecular flexibility index (Phi) is 3.84. The molecule has 1 rings (SSSR count). The van der Waals surface area contributed by atoms with Crippen molar-refractivity contribution in [3.8, 4) is 0 Å². The normalized spacial score (nSPS) is 12.2. The molecule has 1 heterocycles. The molecule has 16 heavy (non-hydrogen) atoms. The summed E-state index contributed by atoms with van der Waals surface area (Å²) in [5.41, 5.74) is 2.45. The predicted molar refractivity (Wildman–Crippen MR) is 49.8 cm³/mol. The van der Waals surface area contributed by atoms with E-state index in [0.717, 1.165) is 0 Å². The number of halogens is 6. The quantitative estimate of drug-likeness (QED) is 0.852. The van der Waals surface area contributed by atoms with E-state index in [-0.39, 0.29) is 12.2 Å². The third-order valence-electron chi connectivity index (χ3n) is 1.83. The van der Waals surface area contributed by atoms with Crippen LogP contribution in [0.15, 0.2) is 10.7 Å². The zero-order chi connectivity index (χ0) is 12.5. The summed E-state index contributed by atoms with van der Waals surface area (Å²) in [6.45, 7) is -0.271. The fourth-order valence-corrected chi connectivity index (χ4v) is 1.85. The maximum absolute atomic E-state index is 12.6. The van der Waals surface area contributed by atoms with Crippen molar-refractivity contribution < 1.29 is 22.0 Å². The highest BCUT2D eigenvalue weighted by Gasteiger charge is 2.39. The molecule has 0 fully saturated rings. The van der Waals surface area contributed by atoms with Crippen LogP contribution in [0.2, 0.25) is 0 Å². The van der Waals surface area contributed by atoms with Gasteiger partial charge in [-0.05, 0) is 15.9 Å². The summed E-state index contributed by atoms with van der Waals surface area (Å²) in [6.07, 6.45) is -7.62. The molecule has 0 aromatic carbocycles. The van der Waals surface area contributed by atoms with Gasteiger partial charge in [-0.1, -0.05) is 0 Å². The lowest BCUT2D eigenvalue weighted by atomic mass is 10.1. The molecule has 0 aliphatic rings. The number of nitrogens with two attached hydrogens (primary N) is 1. The summed E-state index contributed by atoms with van der Waals surface area (Å²) in [6, 6.07) is 0. The first-order chi connectivity index (χ1) is 7.29. The first-order valence-electron chi connectivity index (χ1n) is 4.01. The fraction of sp³-hybridized carbons (Fsp3) is 0.375. The van der Waals surface area contributed by atoms with Crippen LogP contribution in [0.1, 0.15) is 23.2 Å². The predicted octanol–water partition coefficient (Wildman–Crippen LogP) is 3.26. The van der Waals surface area contributed by atoms with Gasteiger partial charge in [0.05, 0.1) is 15.7 Å². The molecule has 1 aromatic heterocycles. The van der Waals surface area contributed by atoms with Gasteiger partial charge in [-0.15, -0.1) is 0 Å². The van der Waals surface area contributed by atoms with Crippen molar-refractivity contribution in [1.82, 2.24) is 4.98 Å². The molecule has 2 nitrogen and oxygen atoms in total. The van der Waals surface area contributed by atoms with Gasteiger partial charge in [-0.2, -0.15) is 13.2 Å². The van der Waals surface area contributed by atoms with E-state index in [9.17, 15) is 22.0 Å². The van der Waals surface area contributed by atoms with Crippen LogP contribution in [0.5, 0.6) is 0 Å². The van der Waals surface area contributed by atoms with E-state index in [2.05, 4.69) is 20.9 Å². The lowest BCUT2D eigenvalue weighted by molar-refractivity contribution is -0.140. The summed E-state index contributed by atoms with van der Waals surface area (Å²) < 4.78 is 61.9. The average molecular weight is 305 g/mol. The smallest absolute Gasteiger partial charge is 0.325 e. The summed E-state index contributed by atoms with van der Waals surface area (Å²) >= 11 is 2.60. The fourth-order valence-electron chi connectivity index (χ4n) is 1.14. The molecule has 0 radical (unpaired) electrons. The van der Waals surface area contributed by atoms with Crippen LogP contribution in [0.3, 0.4) is 0 Å². The van der Waals surface area contributed by atoms with Crippen LogP contribution in [0.25, 0.3) is 0 Å². The molecular formula is C8H6BrF5N2. The van der Waals surface area contributed by atoms with E-state index in [1.54, 1.807) is 0 Å². The average Bonchev–Trinajstić information content (AvgIpc) is 2.14. The van der Waals surface area contributed by atoms with Crippen molar-refractivity contribution in [1.29, 1.82) is 0 Å². The van der Waals surface area contributed by atoms with Crippen LogP contribution in [0.4, 0.5) is 22.0 Å².